The Morgan fingerprint density at radius 3 is 2.36 bits per heavy atom. The predicted octanol–water partition coefficient (Wildman–Crippen LogP) is 3.73. The molecule has 2 aromatic rings. The number of halogens is 1. The number of ketones is 1. The second-order valence-corrected chi connectivity index (χ2v) is 5.87. The summed E-state index contributed by atoms with van der Waals surface area (Å²) in [5, 5.41) is 20.8. The molecule has 1 heterocycles. The van der Waals surface area contributed by atoms with Gasteiger partial charge in [0.15, 0.2) is 5.78 Å². The van der Waals surface area contributed by atoms with Crippen molar-refractivity contribution in [1.82, 2.24) is 0 Å². The summed E-state index contributed by atoms with van der Waals surface area (Å²) >= 11 is 5.87. The predicted molar refractivity (Wildman–Crippen MR) is 83.3 cm³/mol. The fourth-order valence-electron chi connectivity index (χ4n) is 2.75. The van der Waals surface area contributed by atoms with Crippen molar-refractivity contribution >= 4 is 17.4 Å². The van der Waals surface area contributed by atoms with Crippen LogP contribution >= 0.6 is 11.6 Å². The summed E-state index contributed by atoms with van der Waals surface area (Å²) < 4.78 is 5.66. The summed E-state index contributed by atoms with van der Waals surface area (Å²) in [6.07, 6.45) is 0. The number of phenols is 2. The van der Waals surface area contributed by atoms with Crippen LogP contribution in [0.15, 0.2) is 24.3 Å². The molecule has 0 saturated carbocycles. The zero-order chi connectivity index (χ0) is 16.0. The first-order valence-corrected chi connectivity index (χ1v) is 7.27. The average Bonchev–Trinajstić information content (AvgIpc) is 2.51. The molecule has 0 radical (unpaired) electrons. The Bertz CT molecular complexity index is 765. The number of hydrogen-bond acceptors (Lipinski definition) is 4. The molecule has 2 aromatic carbocycles. The van der Waals surface area contributed by atoms with Crippen molar-refractivity contribution in [2.24, 2.45) is 0 Å². The van der Waals surface area contributed by atoms with Gasteiger partial charge in [-0.1, -0.05) is 23.7 Å². The molecule has 1 atom stereocenters. The summed E-state index contributed by atoms with van der Waals surface area (Å²) in [5.41, 5.74) is 1.67. The second-order valence-electron chi connectivity index (χ2n) is 5.43. The number of ether oxygens (including phenoxy) is 1. The Balaban J connectivity index is 2.12. The summed E-state index contributed by atoms with van der Waals surface area (Å²) in [4.78, 5) is 12.8. The first kappa shape index (κ1) is 14.7. The topological polar surface area (TPSA) is 66.8 Å². The van der Waals surface area contributed by atoms with Crippen molar-refractivity contribution < 1.29 is 19.7 Å². The molecular weight excluding hydrogens is 304 g/mol. The van der Waals surface area contributed by atoms with Crippen LogP contribution in [-0.2, 0) is 0 Å². The minimum Gasteiger partial charge on any atom is -0.507 e. The third-order valence-corrected chi connectivity index (χ3v) is 4.35. The van der Waals surface area contributed by atoms with Crippen LogP contribution in [0, 0.1) is 13.8 Å². The quantitative estimate of drug-likeness (QED) is 0.841. The third-order valence-electron chi connectivity index (χ3n) is 4.10. The summed E-state index contributed by atoms with van der Waals surface area (Å²) in [6, 6.07) is 6.98. The van der Waals surface area contributed by atoms with Crippen molar-refractivity contribution in [3.05, 3.63) is 51.5 Å². The molecular formula is C17H15ClO4. The molecule has 0 aromatic heterocycles. The van der Waals surface area contributed by atoms with Gasteiger partial charge < -0.3 is 14.9 Å². The van der Waals surface area contributed by atoms with E-state index in [1.54, 1.807) is 38.1 Å². The first-order valence-electron chi connectivity index (χ1n) is 6.89. The second kappa shape index (κ2) is 5.21. The molecule has 0 bridgehead atoms. The van der Waals surface area contributed by atoms with Crippen molar-refractivity contribution in [1.29, 1.82) is 0 Å². The molecule has 114 valence electrons. The fourth-order valence-corrected chi connectivity index (χ4v) is 2.88. The van der Waals surface area contributed by atoms with E-state index < -0.39 is 5.92 Å². The Labute approximate surface area is 132 Å². The van der Waals surface area contributed by atoms with E-state index in [1.807, 2.05) is 0 Å². The molecule has 0 aliphatic carbocycles. The Kier molecular flexibility index (Phi) is 3.49. The van der Waals surface area contributed by atoms with Crippen LogP contribution in [0.25, 0.3) is 0 Å². The standard InChI is InChI=1S/C17H15ClO4/c1-8-14(19)9(2)17-13(15(8)20)16(21)12(7-22-17)10-3-5-11(18)6-4-10/h3-6,12,19-20H,7H2,1-2H3. The SMILES string of the molecule is Cc1c(O)c(C)c2c(c1O)C(=O)C(c1ccc(Cl)cc1)CO2. The monoisotopic (exact) mass is 318 g/mol. The van der Waals surface area contributed by atoms with Crippen LogP contribution in [0.1, 0.15) is 33.0 Å². The maximum absolute atomic E-state index is 12.8. The molecule has 2 N–H and O–H groups in total. The molecule has 1 unspecified atom stereocenters. The van der Waals surface area contributed by atoms with E-state index in [-0.39, 0.29) is 40.8 Å². The van der Waals surface area contributed by atoms with E-state index in [2.05, 4.69) is 0 Å². The number of aromatic hydroxyl groups is 2. The highest BCUT2D eigenvalue weighted by atomic mass is 35.5. The molecule has 0 spiro atoms. The van der Waals surface area contributed by atoms with Crippen molar-refractivity contribution in [2.45, 2.75) is 19.8 Å². The van der Waals surface area contributed by atoms with Gasteiger partial charge in [0, 0.05) is 16.1 Å². The fraction of sp³-hybridized carbons (Fsp3) is 0.235. The molecule has 1 aliphatic rings. The summed E-state index contributed by atoms with van der Waals surface area (Å²) in [7, 11) is 0. The Morgan fingerprint density at radius 2 is 1.73 bits per heavy atom. The van der Waals surface area contributed by atoms with Gasteiger partial charge in [-0.3, -0.25) is 4.79 Å². The van der Waals surface area contributed by atoms with Crippen LogP contribution < -0.4 is 4.74 Å². The number of carbonyl (C=O) groups is 1. The average molecular weight is 319 g/mol. The van der Waals surface area contributed by atoms with Gasteiger partial charge in [-0.2, -0.15) is 0 Å². The Hall–Kier alpha value is -2.20. The van der Waals surface area contributed by atoms with Crippen LogP contribution in [0.5, 0.6) is 17.2 Å². The summed E-state index contributed by atoms with van der Waals surface area (Å²) in [5.74, 6) is -0.724. The van der Waals surface area contributed by atoms with Gasteiger partial charge in [0.25, 0.3) is 0 Å². The largest absolute Gasteiger partial charge is 0.507 e. The van der Waals surface area contributed by atoms with E-state index in [0.717, 1.165) is 5.56 Å². The van der Waals surface area contributed by atoms with Gasteiger partial charge in [-0.05, 0) is 31.5 Å². The van der Waals surface area contributed by atoms with E-state index in [4.69, 9.17) is 16.3 Å². The molecule has 4 nitrogen and oxygen atoms in total. The first-order chi connectivity index (χ1) is 10.4. The van der Waals surface area contributed by atoms with E-state index in [1.165, 1.54) is 0 Å². The van der Waals surface area contributed by atoms with Crippen LogP contribution in [0.3, 0.4) is 0 Å². The number of rotatable bonds is 1. The number of carbonyl (C=O) groups excluding carboxylic acids is 1. The van der Waals surface area contributed by atoms with Gasteiger partial charge in [0.2, 0.25) is 0 Å². The number of Topliss-reactive ketones (excluding diaryl/α,β-unsaturated/α-hetero) is 1. The number of hydrogen-bond donors (Lipinski definition) is 2. The summed E-state index contributed by atoms with van der Waals surface area (Å²) in [6.45, 7) is 3.39. The molecule has 0 fully saturated rings. The van der Waals surface area contributed by atoms with Gasteiger partial charge >= 0.3 is 0 Å². The molecule has 5 heteroatoms. The molecule has 22 heavy (non-hydrogen) atoms. The highest BCUT2D eigenvalue weighted by Crippen LogP contribution is 2.46. The minimum atomic E-state index is -0.501. The van der Waals surface area contributed by atoms with Crippen LogP contribution in [0.4, 0.5) is 0 Å². The van der Waals surface area contributed by atoms with Crippen LogP contribution in [0.2, 0.25) is 5.02 Å². The van der Waals surface area contributed by atoms with Crippen molar-refractivity contribution in [3.63, 3.8) is 0 Å². The molecule has 1 aliphatic heterocycles. The Morgan fingerprint density at radius 1 is 1.09 bits per heavy atom. The maximum atomic E-state index is 12.8. The highest BCUT2D eigenvalue weighted by Gasteiger charge is 2.35. The number of benzene rings is 2. The molecule has 3 rings (SSSR count). The van der Waals surface area contributed by atoms with Crippen molar-refractivity contribution in [2.75, 3.05) is 6.61 Å². The van der Waals surface area contributed by atoms with Gasteiger partial charge in [0.1, 0.15) is 29.4 Å². The van der Waals surface area contributed by atoms with Gasteiger partial charge in [-0.25, -0.2) is 0 Å². The smallest absolute Gasteiger partial charge is 0.181 e. The number of phenolic OH excluding ortho intramolecular Hbond substituents is 2. The maximum Gasteiger partial charge on any atom is 0.181 e. The van der Waals surface area contributed by atoms with E-state index in [0.29, 0.717) is 10.6 Å². The molecule has 0 saturated heterocycles. The zero-order valence-electron chi connectivity index (χ0n) is 12.2. The minimum absolute atomic E-state index is 0.0472. The van der Waals surface area contributed by atoms with Crippen LogP contribution in [-0.4, -0.2) is 22.6 Å². The lowest BCUT2D eigenvalue weighted by Gasteiger charge is -2.27. The van der Waals surface area contributed by atoms with Gasteiger partial charge in [-0.15, -0.1) is 0 Å². The van der Waals surface area contributed by atoms with E-state index >= 15 is 0 Å². The number of fused-ring (bicyclic) bond motifs is 1. The lowest BCUT2D eigenvalue weighted by molar-refractivity contribution is 0.0891. The zero-order valence-corrected chi connectivity index (χ0v) is 12.9. The van der Waals surface area contributed by atoms with E-state index in [9.17, 15) is 15.0 Å². The lowest BCUT2D eigenvalue weighted by atomic mass is 9.86. The van der Waals surface area contributed by atoms with Gasteiger partial charge in [0.05, 0.1) is 5.92 Å². The normalized spacial score (nSPS) is 17.0. The third kappa shape index (κ3) is 2.11. The van der Waals surface area contributed by atoms with Crippen molar-refractivity contribution in [3.8, 4) is 17.2 Å². The lowest BCUT2D eigenvalue weighted by Crippen LogP contribution is -2.27. The molecule has 0 amide bonds. The highest BCUT2D eigenvalue weighted by molar-refractivity contribution is 6.30.